The van der Waals surface area contributed by atoms with Crippen LogP contribution in [-0.4, -0.2) is 36.7 Å². The molecule has 0 atom stereocenters. The van der Waals surface area contributed by atoms with E-state index in [0.29, 0.717) is 10.0 Å². The monoisotopic (exact) mass is 298 g/mol. The largest absolute Gasteiger partial charge is 0.507 e. The van der Waals surface area contributed by atoms with E-state index in [-0.39, 0.29) is 17.4 Å². The van der Waals surface area contributed by atoms with E-state index in [9.17, 15) is 10.2 Å². The molecule has 2 aromatic rings. The highest BCUT2D eigenvalue weighted by Gasteiger charge is 2.05. The lowest BCUT2D eigenvalue weighted by Gasteiger charge is -2.01. The van der Waals surface area contributed by atoms with Crippen molar-refractivity contribution in [3.8, 4) is 11.5 Å². The van der Waals surface area contributed by atoms with Gasteiger partial charge >= 0.3 is 0 Å². The first kappa shape index (κ1) is 11.3. The second kappa shape index (κ2) is 4.37. The number of aromatic hydroxyl groups is 2. The molecular formula is C8H7BrN6O2. The Morgan fingerprint density at radius 1 is 1.35 bits per heavy atom. The Bertz CT molecular complexity index is 581. The number of tetrazole rings is 1. The molecule has 1 aromatic heterocycles. The van der Waals surface area contributed by atoms with Crippen LogP contribution in [0.1, 0.15) is 5.56 Å². The minimum absolute atomic E-state index is 0.0265. The van der Waals surface area contributed by atoms with E-state index < -0.39 is 0 Å². The van der Waals surface area contributed by atoms with Crippen LogP contribution in [0, 0.1) is 0 Å². The zero-order chi connectivity index (χ0) is 12.4. The molecule has 0 amide bonds. The Labute approximate surface area is 103 Å². The van der Waals surface area contributed by atoms with Crippen molar-refractivity contribution in [1.82, 2.24) is 20.3 Å². The molecule has 0 aliphatic rings. The number of halogens is 1. The lowest BCUT2D eigenvalue weighted by molar-refractivity contribution is 0.448. The Morgan fingerprint density at radius 2 is 2.12 bits per heavy atom. The summed E-state index contributed by atoms with van der Waals surface area (Å²) in [6.45, 7) is 0. The van der Waals surface area contributed by atoms with Crippen LogP contribution in [0.3, 0.4) is 0 Å². The minimum Gasteiger partial charge on any atom is -0.507 e. The standard InChI is InChI=1S/C8H7BrN6O2/c9-5-1-4(6(16)2-7(5)17)3-11-15-8(10)12-13-14-15/h1-3,16-17H,(H2,10,12,14). The molecule has 0 bridgehead atoms. The Hall–Kier alpha value is -2.16. The van der Waals surface area contributed by atoms with Crippen LogP contribution in [0.15, 0.2) is 21.7 Å². The molecule has 4 N–H and O–H groups in total. The molecule has 0 aliphatic heterocycles. The second-order valence-electron chi connectivity index (χ2n) is 3.03. The number of nitrogens with zero attached hydrogens (tertiary/aromatic N) is 5. The van der Waals surface area contributed by atoms with Gasteiger partial charge in [0.25, 0.3) is 5.95 Å². The summed E-state index contributed by atoms with van der Waals surface area (Å²) in [5, 5.41) is 32.9. The molecule has 0 radical (unpaired) electrons. The fourth-order valence-electron chi connectivity index (χ4n) is 1.06. The molecule has 2 rings (SSSR count). The Kier molecular flexibility index (Phi) is 2.91. The summed E-state index contributed by atoms with van der Waals surface area (Å²) in [6, 6.07) is 2.68. The third kappa shape index (κ3) is 2.33. The van der Waals surface area contributed by atoms with Gasteiger partial charge in [-0.15, -0.1) is 0 Å². The lowest BCUT2D eigenvalue weighted by atomic mass is 10.2. The number of hydrogen-bond acceptors (Lipinski definition) is 7. The van der Waals surface area contributed by atoms with Gasteiger partial charge in [-0.1, -0.05) is 9.89 Å². The summed E-state index contributed by atoms with van der Waals surface area (Å²) >= 11 is 3.12. The van der Waals surface area contributed by atoms with E-state index in [4.69, 9.17) is 5.73 Å². The molecular weight excluding hydrogens is 292 g/mol. The average Bonchev–Trinajstić information content (AvgIpc) is 2.68. The van der Waals surface area contributed by atoms with Crippen LogP contribution in [0.25, 0.3) is 0 Å². The van der Waals surface area contributed by atoms with Gasteiger partial charge in [-0.05, 0) is 32.4 Å². The first-order valence-corrected chi connectivity index (χ1v) is 5.17. The van der Waals surface area contributed by atoms with Crippen molar-refractivity contribution in [1.29, 1.82) is 0 Å². The number of phenolic OH excluding ortho intramolecular Hbond substituents is 2. The van der Waals surface area contributed by atoms with Gasteiger partial charge in [0, 0.05) is 11.6 Å². The van der Waals surface area contributed by atoms with Crippen LogP contribution in [0.4, 0.5) is 5.95 Å². The Balaban J connectivity index is 2.34. The van der Waals surface area contributed by atoms with Crippen LogP contribution >= 0.6 is 15.9 Å². The smallest absolute Gasteiger partial charge is 0.263 e. The summed E-state index contributed by atoms with van der Waals surface area (Å²) in [5.74, 6) is -0.165. The molecule has 17 heavy (non-hydrogen) atoms. The molecule has 0 fully saturated rings. The van der Waals surface area contributed by atoms with Crippen LogP contribution in [0.2, 0.25) is 0 Å². The van der Waals surface area contributed by atoms with Crippen molar-refractivity contribution in [3.63, 3.8) is 0 Å². The van der Waals surface area contributed by atoms with E-state index in [1.807, 2.05) is 0 Å². The predicted octanol–water partition coefficient (Wildman–Crippen LogP) is 0.311. The molecule has 1 aromatic carbocycles. The third-order valence-corrected chi connectivity index (χ3v) is 2.51. The molecule has 8 nitrogen and oxygen atoms in total. The van der Waals surface area contributed by atoms with Crippen molar-refractivity contribution in [2.45, 2.75) is 0 Å². The first-order valence-electron chi connectivity index (χ1n) is 4.37. The average molecular weight is 299 g/mol. The van der Waals surface area contributed by atoms with Crippen LogP contribution in [0.5, 0.6) is 11.5 Å². The summed E-state index contributed by atoms with van der Waals surface area (Å²) < 4.78 is 0.432. The Morgan fingerprint density at radius 3 is 2.76 bits per heavy atom. The van der Waals surface area contributed by atoms with E-state index in [0.717, 1.165) is 4.79 Å². The normalized spacial score (nSPS) is 11.1. The van der Waals surface area contributed by atoms with Gasteiger partial charge in [-0.25, -0.2) is 0 Å². The van der Waals surface area contributed by atoms with E-state index in [1.54, 1.807) is 0 Å². The predicted molar refractivity (Wildman–Crippen MR) is 62.7 cm³/mol. The zero-order valence-corrected chi connectivity index (χ0v) is 9.90. The van der Waals surface area contributed by atoms with Crippen LogP contribution in [-0.2, 0) is 0 Å². The molecule has 0 unspecified atom stereocenters. The number of nitrogen functional groups attached to an aromatic ring is 1. The maximum Gasteiger partial charge on any atom is 0.263 e. The van der Waals surface area contributed by atoms with E-state index in [1.165, 1.54) is 18.3 Å². The fraction of sp³-hybridized carbons (Fsp3) is 0. The lowest BCUT2D eigenvalue weighted by Crippen LogP contribution is -1.99. The number of aromatic nitrogens is 4. The highest BCUT2D eigenvalue weighted by Crippen LogP contribution is 2.30. The quantitative estimate of drug-likeness (QED) is 0.686. The number of benzene rings is 1. The van der Waals surface area contributed by atoms with Crippen molar-refractivity contribution >= 4 is 28.1 Å². The first-order chi connectivity index (χ1) is 8.08. The fourth-order valence-corrected chi connectivity index (χ4v) is 1.42. The molecule has 0 saturated heterocycles. The number of phenols is 2. The van der Waals surface area contributed by atoms with Crippen molar-refractivity contribution in [3.05, 3.63) is 22.2 Å². The zero-order valence-electron chi connectivity index (χ0n) is 8.32. The van der Waals surface area contributed by atoms with Gasteiger partial charge < -0.3 is 15.9 Å². The molecule has 0 spiro atoms. The second-order valence-corrected chi connectivity index (χ2v) is 3.89. The van der Waals surface area contributed by atoms with Gasteiger partial charge in [0.2, 0.25) is 0 Å². The van der Waals surface area contributed by atoms with Gasteiger partial charge in [0.05, 0.1) is 10.7 Å². The van der Waals surface area contributed by atoms with Crippen LogP contribution < -0.4 is 5.73 Å². The molecule has 0 saturated carbocycles. The van der Waals surface area contributed by atoms with Gasteiger partial charge in [0.1, 0.15) is 11.5 Å². The SMILES string of the molecule is Nc1nnnn1N=Cc1cc(Br)c(O)cc1O. The van der Waals surface area contributed by atoms with Crippen molar-refractivity contribution in [2.24, 2.45) is 5.10 Å². The third-order valence-electron chi connectivity index (χ3n) is 1.88. The maximum absolute atomic E-state index is 9.55. The summed E-state index contributed by atoms with van der Waals surface area (Å²) in [6.07, 6.45) is 1.31. The number of hydrogen-bond donors (Lipinski definition) is 3. The van der Waals surface area contributed by atoms with E-state index in [2.05, 4.69) is 36.6 Å². The number of rotatable bonds is 2. The van der Waals surface area contributed by atoms with Gasteiger partial charge in [-0.3, -0.25) is 0 Å². The molecule has 1 heterocycles. The minimum atomic E-state index is -0.124. The van der Waals surface area contributed by atoms with Crippen molar-refractivity contribution < 1.29 is 10.2 Å². The van der Waals surface area contributed by atoms with E-state index >= 15 is 0 Å². The van der Waals surface area contributed by atoms with Gasteiger partial charge in [0.15, 0.2) is 0 Å². The van der Waals surface area contributed by atoms with Gasteiger partial charge in [-0.2, -0.15) is 5.10 Å². The molecule has 9 heteroatoms. The molecule has 0 aliphatic carbocycles. The highest BCUT2D eigenvalue weighted by molar-refractivity contribution is 9.10. The highest BCUT2D eigenvalue weighted by atomic mass is 79.9. The number of anilines is 1. The number of nitrogens with two attached hydrogens (primary N) is 1. The van der Waals surface area contributed by atoms with Crippen molar-refractivity contribution in [2.75, 3.05) is 5.73 Å². The molecule has 88 valence electrons. The summed E-state index contributed by atoms with van der Waals surface area (Å²) in [4.78, 5) is 1.00. The summed E-state index contributed by atoms with van der Waals surface area (Å²) in [7, 11) is 0. The topological polar surface area (TPSA) is 122 Å². The maximum atomic E-state index is 9.55. The summed E-state index contributed by atoms with van der Waals surface area (Å²) in [5.41, 5.74) is 5.78.